The van der Waals surface area contributed by atoms with Crippen molar-refractivity contribution in [3.8, 4) is 0 Å². The molecule has 1 aliphatic carbocycles. The number of aromatic nitrogens is 1. The summed E-state index contributed by atoms with van der Waals surface area (Å²) >= 11 is 0. The Labute approximate surface area is 156 Å². The third kappa shape index (κ3) is 2.81. The molecular weight excluding hydrogens is 320 g/mol. The summed E-state index contributed by atoms with van der Waals surface area (Å²) in [5.74, 6) is 0. The van der Waals surface area contributed by atoms with Gasteiger partial charge in [-0.1, -0.05) is 26.8 Å². The third-order valence-electron chi connectivity index (χ3n) is 6.90. The molecule has 2 heterocycles. The molecule has 1 aromatic carbocycles. The van der Waals surface area contributed by atoms with Crippen LogP contribution in [0.1, 0.15) is 62.4 Å². The van der Waals surface area contributed by atoms with Gasteiger partial charge in [0, 0.05) is 35.8 Å². The molecule has 1 aliphatic heterocycles. The van der Waals surface area contributed by atoms with Gasteiger partial charge in [-0.3, -0.25) is 9.69 Å². The number of aromatic amines is 1. The van der Waals surface area contributed by atoms with Gasteiger partial charge in [0.15, 0.2) is 5.43 Å². The molecule has 0 unspecified atom stereocenters. The van der Waals surface area contributed by atoms with Gasteiger partial charge in [-0.2, -0.15) is 0 Å². The van der Waals surface area contributed by atoms with Gasteiger partial charge in [0.25, 0.3) is 0 Å². The molecule has 4 rings (SSSR count). The number of pyridine rings is 1. The predicted molar refractivity (Wildman–Crippen MR) is 109 cm³/mol. The average molecular weight is 353 g/mol. The number of hydrogen-bond donors (Lipinski definition) is 1. The van der Waals surface area contributed by atoms with Crippen molar-refractivity contribution in [1.29, 1.82) is 0 Å². The Morgan fingerprint density at radius 3 is 2.62 bits per heavy atom. The van der Waals surface area contributed by atoms with E-state index in [2.05, 4.69) is 57.5 Å². The predicted octanol–water partition coefficient (Wildman–Crippen LogP) is 4.85. The van der Waals surface area contributed by atoms with Crippen molar-refractivity contribution >= 4 is 10.9 Å². The summed E-state index contributed by atoms with van der Waals surface area (Å²) in [6.45, 7) is 15.4. The smallest absolute Gasteiger partial charge is 0.194 e. The molecule has 140 valence electrons. The molecule has 0 radical (unpaired) electrons. The van der Waals surface area contributed by atoms with Crippen LogP contribution in [0.2, 0.25) is 0 Å². The Kier molecular flexibility index (Phi) is 3.89. The van der Waals surface area contributed by atoms with Crippen molar-refractivity contribution in [1.82, 2.24) is 9.88 Å². The molecule has 2 aliphatic rings. The highest BCUT2D eigenvalue weighted by molar-refractivity contribution is 5.83. The quantitative estimate of drug-likeness (QED) is 0.838. The number of hydrogen-bond acceptors (Lipinski definition) is 2. The van der Waals surface area contributed by atoms with Crippen LogP contribution in [-0.4, -0.2) is 22.5 Å². The van der Waals surface area contributed by atoms with E-state index in [9.17, 15) is 4.79 Å². The zero-order valence-corrected chi connectivity index (χ0v) is 17.1. The first-order valence-electron chi connectivity index (χ1n) is 9.94. The highest BCUT2D eigenvalue weighted by Crippen LogP contribution is 2.52. The molecule has 0 amide bonds. The van der Waals surface area contributed by atoms with Crippen LogP contribution in [0.4, 0.5) is 0 Å². The molecular formula is C23H32N2O. The Bertz CT molecular complexity index is 939. The normalized spacial score (nSPS) is 28.0. The zero-order chi connectivity index (χ0) is 18.9. The standard InChI is InChI=1S/C23H32N2O/c1-14-7-8-18-20(15(14)2)24-16(3)19(21(18)26)11-25-13-23(6)10-17(25)9-22(4,5)12-23/h7-8,17H,9-13H2,1-6H3,(H,24,26)/t17-,23+/m1/s1. The molecule has 1 saturated heterocycles. The summed E-state index contributed by atoms with van der Waals surface area (Å²) in [4.78, 5) is 19.4. The Morgan fingerprint density at radius 2 is 1.88 bits per heavy atom. The molecule has 0 spiro atoms. The number of nitrogens with zero attached hydrogens (tertiary/aromatic N) is 1. The molecule has 1 saturated carbocycles. The number of likely N-dealkylation sites (tertiary alicyclic amines) is 1. The van der Waals surface area contributed by atoms with Crippen LogP contribution in [0.25, 0.3) is 10.9 Å². The number of fused-ring (bicyclic) bond motifs is 3. The molecule has 3 heteroatoms. The number of aryl methyl sites for hydroxylation is 3. The van der Waals surface area contributed by atoms with Gasteiger partial charge in [-0.25, -0.2) is 0 Å². The van der Waals surface area contributed by atoms with Crippen LogP contribution < -0.4 is 5.43 Å². The molecule has 2 bridgehead atoms. The van der Waals surface area contributed by atoms with Gasteiger partial charge in [0.05, 0.1) is 5.52 Å². The highest BCUT2D eigenvalue weighted by Gasteiger charge is 2.49. The van der Waals surface area contributed by atoms with Crippen molar-refractivity contribution in [3.05, 3.63) is 44.7 Å². The van der Waals surface area contributed by atoms with Gasteiger partial charge in [0.1, 0.15) is 0 Å². The van der Waals surface area contributed by atoms with Crippen molar-refractivity contribution in [2.24, 2.45) is 10.8 Å². The van der Waals surface area contributed by atoms with Gasteiger partial charge < -0.3 is 4.98 Å². The Hall–Kier alpha value is -1.61. The molecule has 26 heavy (non-hydrogen) atoms. The maximum atomic E-state index is 13.3. The summed E-state index contributed by atoms with van der Waals surface area (Å²) in [6, 6.07) is 4.67. The zero-order valence-electron chi connectivity index (χ0n) is 17.1. The number of rotatable bonds is 2. The van der Waals surface area contributed by atoms with Crippen LogP contribution in [0.3, 0.4) is 0 Å². The first-order chi connectivity index (χ1) is 12.1. The first-order valence-corrected chi connectivity index (χ1v) is 9.94. The lowest BCUT2D eigenvalue weighted by molar-refractivity contribution is 0.126. The van der Waals surface area contributed by atoms with E-state index >= 15 is 0 Å². The van der Waals surface area contributed by atoms with Crippen LogP contribution in [0, 0.1) is 31.6 Å². The van der Waals surface area contributed by atoms with E-state index in [0.717, 1.165) is 35.2 Å². The van der Waals surface area contributed by atoms with E-state index in [-0.39, 0.29) is 5.43 Å². The minimum atomic E-state index is 0.213. The monoisotopic (exact) mass is 352 g/mol. The van der Waals surface area contributed by atoms with E-state index in [1.54, 1.807) is 0 Å². The van der Waals surface area contributed by atoms with Gasteiger partial charge >= 0.3 is 0 Å². The van der Waals surface area contributed by atoms with Crippen molar-refractivity contribution in [3.63, 3.8) is 0 Å². The molecule has 2 aromatic rings. The Balaban J connectivity index is 1.73. The molecule has 3 nitrogen and oxygen atoms in total. The van der Waals surface area contributed by atoms with E-state index in [1.807, 2.05) is 6.07 Å². The highest BCUT2D eigenvalue weighted by atomic mass is 16.1. The maximum absolute atomic E-state index is 13.3. The van der Waals surface area contributed by atoms with E-state index in [4.69, 9.17) is 0 Å². The minimum Gasteiger partial charge on any atom is -0.358 e. The minimum absolute atomic E-state index is 0.213. The fourth-order valence-corrected chi connectivity index (χ4v) is 5.92. The SMILES string of the molecule is Cc1ccc2c(=O)c(CN3C[C@@]4(C)C[C@H]3CC(C)(C)C4)c(C)[nH]c2c1C. The summed E-state index contributed by atoms with van der Waals surface area (Å²) in [5, 5.41) is 0.836. The van der Waals surface area contributed by atoms with E-state index < -0.39 is 0 Å². The summed E-state index contributed by atoms with van der Waals surface area (Å²) in [6.07, 6.45) is 3.81. The lowest BCUT2D eigenvalue weighted by atomic mass is 9.65. The summed E-state index contributed by atoms with van der Waals surface area (Å²) in [5.41, 5.74) is 6.42. The van der Waals surface area contributed by atoms with Crippen LogP contribution in [-0.2, 0) is 6.54 Å². The number of H-pyrrole nitrogens is 1. The van der Waals surface area contributed by atoms with Gasteiger partial charge in [0.2, 0.25) is 0 Å². The molecule has 1 aromatic heterocycles. The van der Waals surface area contributed by atoms with Gasteiger partial charge in [-0.15, -0.1) is 0 Å². The lowest BCUT2D eigenvalue weighted by Crippen LogP contribution is -2.35. The van der Waals surface area contributed by atoms with Crippen LogP contribution in [0.15, 0.2) is 16.9 Å². The second-order valence-corrected chi connectivity index (χ2v) is 10.1. The van der Waals surface area contributed by atoms with Crippen molar-refractivity contribution in [2.75, 3.05) is 6.54 Å². The first kappa shape index (κ1) is 17.8. The fourth-order valence-electron chi connectivity index (χ4n) is 5.92. The molecule has 2 fully saturated rings. The average Bonchev–Trinajstić information content (AvgIpc) is 2.76. The fraction of sp³-hybridized carbons (Fsp3) is 0.609. The van der Waals surface area contributed by atoms with Crippen molar-refractivity contribution < 1.29 is 0 Å². The Morgan fingerprint density at radius 1 is 1.15 bits per heavy atom. The number of benzene rings is 1. The van der Waals surface area contributed by atoms with Gasteiger partial charge in [-0.05, 0) is 68.1 Å². The topological polar surface area (TPSA) is 36.1 Å². The second-order valence-electron chi connectivity index (χ2n) is 10.1. The number of nitrogens with one attached hydrogen (secondary N) is 1. The van der Waals surface area contributed by atoms with Crippen molar-refractivity contribution in [2.45, 2.75) is 73.4 Å². The van der Waals surface area contributed by atoms with E-state index in [1.165, 1.54) is 30.4 Å². The molecule has 2 atom stereocenters. The summed E-state index contributed by atoms with van der Waals surface area (Å²) in [7, 11) is 0. The van der Waals surface area contributed by atoms with E-state index in [0.29, 0.717) is 16.9 Å². The largest absolute Gasteiger partial charge is 0.358 e. The maximum Gasteiger partial charge on any atom is 0.194 e. The second kappa shape index (κ2) is 5.69. The summed E-state index contributed by atoms with van der Waals surface area (Å²) < 4.78 is 0. The van der Waals surface area contributed by atoms with Crippen LogP contribution in [0.5, 0.6) is 0 Å². The molecule has 1 N–H and O–H groups in total. The third-order valence-corrected chi connectivity index (χ3v) is 6.90. The van der Waals surface area contributed by atoms with Crippen LogP contribution >= 0.6 is 0 Å². The lowest BCUT2D eigenvalue weighted by Gasteiger charge is -2.40.